The third kappa shape index (κ3) is 8.30. The van der Waals surface area contributed by atoms with Gasteiger partial charge in [0, 0.05) is 0 Å². The molecule has 13 heteroatoms. The topological polar surface area (TPSA) is 0 Å². The molecule has 4 aromatic rings. The standard InChI is InChI=1S/C21H25.C17H6F12.C5H5.Zr/c1-20(2,3)16-7-9-18-14(12-16)11-15-13-17(21(4,5)6)8-10-19(15)18;18-14(19,20)10-2-8(3-11(6-10)15(21,22)23)1-9-4-12(16(24,25)26)7-13(5-9)17(27,28)29;1-2-4-5-3-1;/h7-13H,1-6H3;2-7H;1-5H;. The quantitative estimate of drug-likeness (QED) is 0.179. The number of benzene rings is 4. The van der Waals surface area contributed by atoms with Crippen LogP contribution in [0.1, 0.15) is 101 Å². The van der Waals surface area contributed by atoms with Gasteiger partial charge in [0.2, 0.25) is 0 Å². The first-order chi connectivity index (χ1) is 25.5. The first-order valence-electron chi connectivity index (χ1n) is 17.5. The van der Waals surface area contributed by atoms with Crippen LogP contribution >= 0.6 is 0 Å². The average molecular weight is 872 g/mol. The van der Waals surface area contributed by atoms with Crippen molar-refractivity contribution in [1.29, 1.82) is 0 Å². The zero-order valence-corrected chi connectivity index (χ0v) is 33.4. The van der Waals surface area contributed by atoms with Crippen LogP contribution in [-0.2, 0) is 56.8 Å². The molecule has 0 fully saturated rings. The normalized spacial score (nSPS) is 15.4. The second-order valence-corrected chi connectivity index (χ2v) is 22.8. The van der Waals surface area contributed by atoms with Gasteiger partial charge in [0.15, 0.2) is 0 Å². The molecule has 0 N–H and O–H groups in total. The average Bonchev–Trinajstić information content (AvgIpc) is 3.70. The molecule has 0 amide bonds. The Hall–Kier alpha value is -3.73. The number of alkyl halides is 12. The van der Waals surface area contributed by atoms with E-state index in [-0.39, 0.29) is 15.3 Å². The monoisotopic (exact) mass is 870 g/mol. The number of allylic oxidation sites excluding steroid dienone is 4. The Morgan fingerprint density at radius 2 is 0.750 bits per heavy atom. The first kappa shape index (κ1) is 41.9. The van der Waals surface area contributed by atoms with Crippen molar-refractivity contribution in [3.05, 3.63) is 153 Å². The molecular formula is C43H36F12Zr. The molecule has 0 atom stereocenters. The van der Waals surface area contributed by atoms with Crippen molar-refractivity contribution in [2.75, 3.05) is 0 Å². The van der Waals surface area contributed by atoms with Gasteiger partial charge < -0.3 is 0 Å². The van der Waals surface area contributed by atoms with Gasteiger partial charge in [-0.2, -0.15) is 0 Å². The number of hydrogen-bond acceptors (Lipinski definition) is 0. The molecule has 0 saturated heterocycles. The maximum absolute atomic E-state index is 14.5. The Labute approximate surface area is 324 Å². The van der Waals surface area contributed by atoms with Crippen molar-refractivity contribution < 1.29 is 74.0 Å². The van der Waals surface area contributed by atoms with Crippen LogP contribution in [0, 0.1) is 0 Å². The molecule has 0 unspecified atom stereocenters. The summed E-state index contributed by atoms with van der Waals surface area (Å²) < 4.78 is 172. The van der Waals surface area contributed by atoms with Crippen molar-refractivity contribution in [3.63, 3.8) is 0 Å². The zero-order chi connectivity index (χ0) is 41.6. The summed E-state index contributed by atoms with van der Waals surface area (Å²) in [5.74, 6) is 0. The Balaban J connectivity index is 1.89. The summed E-state index contributed by atoms with van der Waals surface area (Å²) in [5, 5.41) is 0. The van der Waals surface area contributed by atoms with Crippen molar-refractivity contribution >= 4 is 3.21 Å². The Kier molecular flexibility index (Phi) is 10.5. The van der Waals surface area contributed by atoms with E-state index in [4.69, 9.17) is 0 Å². The van der Waals surface area contributed by atoms with Crippen LogP contribution < -0.4 is 0 Å². The molecule has 0 bridgehead atoms. The first-order valence-corrected chi connectivity index (χ1v) is 21.6. The van der Waals surface area contributed by atoms with Crippen LogP contribution in [0.4, 0.5) is 52.7 Å². The fourth-order valence-corrected chi connectivity index (χ4v) is 16.6. The fraction of sp³-hybridized carbons (Fsp3) is 0.326. The van der Waals surface area contributed by atoms with Gasteiger partial charge in [-0.15, -0.1) is 0 Å². The molecule has 56 heavy (non-hydrogen) atoms. The Morgan fingerprint density at radius 1 is 0.429 bits per heavy atom. The Morgan fingerprint density at radius 3 is 1.04 bits per heavy atom. The van der Waals surface area contributed by atoms with Crippen molar-refractivity contribution in [2.24, 2.45) is 0 Å². The summed E-state index contributed by atoms with van der Waals surface area (Å²) in [6, 6.07) is 12.9. The van der Waals surface area contributed by atoms with E-state index in [0.717, 1.165) is 22.3 Å². The molecule has 0 aromatic heterocycles. The van der Waals surface area contributed by atoms with Crippen molar-refractivity contribution in [2.45, 2.75) is 84.3 Å². The predicted molar refractivity (Wildman–Crippen MR) is 189 cm³/mol. The number of rotatable bonds is 4. The Bertz CT molecular complexity index is 2060. The predicted octanol–water partition coefficient (Wildman–Crippen LogP) is 14.2. The molecule has 2 aliphatic carbocycles. The van der Waals surface area contributed by atoms with Gasteiger partial charge >= 0.3 is 325 Å². The minimum atomic E-state index is -5.35. The second kappa shape index (κ2) is 14.0. The minimum absolute atomic E-state index is 0.0990. The van der Waals surface area contributed by atoms with Gasteiger partial charge in [-0.1, -0.05) is 0 Å². The third-order valence-corrected chi connectivity index (χ3v) is 18.8. The second-order valence-electron chi connectivity index (χ2n) is 16.3. The van der Waals surface area contributed by atoms with Crippen LogP contribution in [0.3, 0.4) is 0 Å². The molecule has 0 aliphatic heterocycles. The maximum atomic E-state index is 14.5. The van der Waals surface area contributed by atoms with E-state index in [2.05, 4.69) is 0 Å². The molecule has 0 nitrogen and oxygen atoms in total. The molecule has 0 radical (unpaired) electrons. The SMILES string of the molecule is CC(C)(C)c1ccc2c(c1)[CH]([Zr](=[C](c1cc(C(F)(F)F)cc(C(F)(F)F)c1)c1cc(C(F)(F)F)cc(C(F)(F)F)c1)[CH]1C=CC=C1)c1cc(C(C)(C)C)ccc1-2. The van der Waals surface area contributed by atoms with Gasteiger partial charge in [0.1, 0.15) is 0 Å². The molecule has 0 heterocycles. The van der Waals surface area contributed by atoms with Gasteiger partial charge in [-0.25, -0.2) is 0 Å². The number of halogens is 12. The summed E-state index contributed by atoms with van der Waals surface area (Å²) >= 11 is -4.48. The van der Waals surface area contributed by atoms with Gasteiger partial charge in [0.25, 0.3) is 0 Å². The van der Waals surface area contributed by atoms with Gasteiger partial charge in [-0.3, -0.25) is 0 Å². The van der Waals surface area contributed by atoms with E-state index >= 15 is 0 Å². The summed E-state index contributed by atoms with van der Waals surface area (Å²) in [6.07, 6.45) is -14.8. The zero-order valence-electron chi connectivity index (χ0n) is 30.9. The van der Waals surface area contributed by atoms with E-state index in [1.54, 1.807) is 24.3 Å². The van der Waals surface area contributed by atoms with E-state index in [1.165, 1.54) is 0 Å². The number of fused-ring (bicyclic) bond motifs is 3. The van der Waals surface area contributed by atoms with Crippen molar-refractivity contribution in [1.82, 2.24) is 0 Å². The van der Waals surface area contributed by atoms with Crippen LogP contribution in [-0.4, -0.2) is 3.21 Å². The van der Waals surface area contributed by atoms with Crippen LogP contribution in [0.25, 0.3) is 11.1 Å². The van der Waals surface area contributed by atoms with E-state index in [0.29, 0.717) is 35.4 Å². The molecular weight excluding hydrogens is 836 g/mol. The van der Waals surface area contributed by atoms with Gasteiger partial charge in [-0.05, 0) is 0 Å². The molecule has 6 rings (SSSR count). The summed E-state index contributed by atoms with van der Waals surface area (Å²) in [4.78, 5) is 0. The van der Waals surface area contributed by atoms with Crippen LogP contribution in [0.15, 0.2) is 97.1 Å². The summed E-state index contributed by atoms with van der Waals surface area (Å²) in [5.41, 5.74) is -4.82. The fourth-order valence-electron chi connectivity index (χ4n) is 7.37. The van der Waals surface area contributed by atoms with E-state index in [9.17, 15) is 52.7 Å². The molecule has 4 aromatic carbocycles. The molecule has 2 aliphatic rings. The summed E-state index contributed by atoms with van der Waals surface area (Å²) in [6.45, 7) is 11.7. The van der Waals surface area contributed by atoms with Crippen LogP contribution in [0.5, 0.6) is 0 Å². The van der Waals surface area contributed by atoms with Gasteiger partial charge in [0.05, 0.1) is 0 Å². The third-order valence-electron chi connectivity index (χ3n) is 10.2. The molecule has 0 spiro atoms. The summed E-state index contributed by atoms with van der Waals surface area (Å²) in [7, 11) is 0. The van der Waals surface area contributed by atoms with E-state index in [1.807, 2.05) is 77.9 Å². The molecule has 296 valence electrons. The van der Waals surface area contributed by atoms with Crippen molar-refractivity contribution in [3.8, 4) is 11.1 Å². The molecule has 0 saturated carbocycles. The number of hydrogen-bond donors (Lipinski definition) is 0. The van der Waals surface area contributed by atoms with E-state index < -0.39 is 97.4 Å². The van der Waals surface area contributed by atoms with Crippen LogP contribution in [0.2, 0.25) is 3.63 Å².